The number of rotatable bonds is 8. The van der Waals surface area contributed by atoms with E-state index >= 15 is 0 Å². The van der Waals surface area contributed by atoms with Crippen LogP contribution in [-0.4, -0.2) is 35.1 Å². The van der Waals surface area contributed by atoms with Crippen LogP contribution in [0.4, 0.5) is 18.9 Å². The minimum absolute atomic E-state index is 0.0451. The second kappa shape index (κ2) is 9.79. The lowest BCUT2D eigenvalue weighted by Crippen LogP contribution is -2.28. The Morgan fingerprint density at radius 3 is 2.42 bits per heavy atom. The molecular weight excluding hydrogens is 415 g/mol. The molecule has 0 spiro atoms. The minimum Gasteiger partial charge on any atom is -0.492 e. The van der Waals surface area contributed by atoms with Gasteiger partial charge in [0.1, 0.15) is 23.8 Å². The molecule has 0 aliphatic heterocycles. The molecule has 0 saturated heterocycles. The zero-order valence-electron chi connectivity index (χ0n) is 16.1. The number of carbonyl (C=O) groups is 1. The van der Waals surface area contributed by atoms with Crippen molar-refractivity contribution in [3.05, 3.63) is 82.8 Å². The maximum absolute atomic E-state index is 12.5. The first-order valence-corrected chi connectivity index (χ1v) is 9.18. The summed E-state index contributed by atoms with van der Waals surface area (Å²) in [5, 5.41) is 6.46. The number of carbonyl (C=O) groups excluding carboxylic acids is 1. The van der Waals surface area contributed by atoms with Crippen LogP contribution in [0.3, 0.4) is 0 Å². The van der Waals surface area contributed by atoms with Crippen LogP contribution in [0.25, 0.3) is 0 Å². The molecule has 1 aromatic heterocycles. The van der Waals surface area contributed by atoms with Gasteiger partial charge in [-0.15, -0.1) is 0 Å². The number of anilines is 1. The highest BCUT2D eigenvalue weighted by atomic mass is 19.4. The van der Waals surface area contributed by atoms with Crippen molar-refractivity contribution in [1.29, 1.82) is 0 Å². The van der Waals surface area contributed by atoms with E-state index in [-0.39, 0.29) is 30.3 Å². The molecule has 0 aliphatic carbocycles. The number of aromatic nitrogens is 2. The van der Waals surface area contributed by atoms with E-state index in [1.54, 1.807) is 24.3 Å². The van der Waals surface area contributed by atoms with E-state index < -0.39 is 24.2 Å². The molecule has 0 atom stereocenters. The highest BCUT2D eigenvalue weighted by Crippen LogP contribution is 2.26. The third-order valence-electron chi connectivity index (χ3n) is 3.94. The molecule has 1 heterocycles. The highest BCUT2D eigenvalue weighted by Gasteiger charge is 2.29. The first-order chi connectivity index (χ1) is 14.8. The maximum atomic E-state index is 12.5. The van der Waals surface area contributed by atoms with Gasteiger partial charge < -0.3 is 14.8 Å². The number of para-hydroxylation sites is 3. The third-order valence-corrected chi connectivity index (χ3v) is 3.94. The lowest BCUT2D eigenvalue weighted by Gasteiger charge is -2.14. The number of amides is 1. The van der Waals surface area contributed by atoms with Gasteiger partial charge in [-0.05, 0) is 30.3 Å². The molecule has 0 aliphatic rings. The molecule has 1 amide bonds. The van der Waals surface area contributed by atoms with Crippen LogP contribution in [0.15, 0.2) is 71.5 Å². The molecule has 0 unspecified atom stereocenters. The molecule has 10 heteroatoms. The summed E-state index contributed by atoms with van der Waals surface area (Å²) in [6, 6.07) is 17.1. The van der Waals surface area contributed by atoms with E-state index in [0.717, 1.165) is 4.68 Å². The molecule has 0 saturated carbocycles. The molecule has 0 radical (unpaired) electrons. The highest BCUT2D eigenvalue weighted by molar-refractivity contribution is 6.03. The normalized spacial score (nSPS) is 11.1. The van der Waals surface area contributed by atoms with Crippen LogP contribution in [0, 0.1) is 0 Å². The fourth-order valence-corrected chi connectivity index (χ4v) is 2.54. The molecule has 0 bridgehead atoms. The molecule has 7 nitrogen and oxygen atoms in total. The SMILES string of the molecule is O=C(Nc1ccccc1OCC(F)(F)F)c1ccc(=O)n(CCOc2ccccc2)n1. The Hall–Kier alpha value is -3.82. The van der Waals surface area contributed by atoms with Crippen LogP contribution in [0.5, 0.6) is 11.5 Å². The number of hydrogen-bond acceptors (Lipinski definition) is 5. The van der Waals surface area contributed by atoms with Crippen molar-refractivity contribution in [1.82, 2.24) is 9.78 Å². The Kier molecular flexibility index (Phi) is 6.91. The molecule has 2 aromatic carbocycles. The summed E-state index contributed by atoms with van der Waals surface area (Å²) in [5.41, 5.74) is -0.476. The predicted molar refractivity (Wildman–Crippen MR) is 106 cm³/mol. The monoisotopic (exact) mass is 433 g/mol. The van der Waals surface area contributed by atoms with Gasteiger partial charge in [0.05, 0.1) is 12.2 Å². The lowest BCUT2D eigenvalue weighted by atomic mass is 10.2. The average Bonchev–Trinajstić information content (AvgIpc) is 2.74. The zero-order valence-corrected chi connectivity index (χ0v) is 16.1. The van der Waals surface area contributed by atoms with Crippen molar-refractivity contribution in [2.24, 2.45) is 0 Å². The van der Waals surface area contributed by atoms with Crippen molar-refractivity contribution in [3.63, 3.8) is 0 Å². The predicted octanol–water partition coefficient (Wildman–Crippen LogP) is 3.52. The number of benzene rings is 2. The second-order valence-corrected chi connectivity index (χ2v) is 6.30. The molecule has 162 valence electrons. The first-order valence-electron chi connectivity index (χ1n) is 9.18. The smallest absolute Gasteiger partial charge is 0.422 e. The van der Waals surface area contributed by atoms with Crippen LogP contribution in [-0.2, 0) is 6.54 Å². The van der Waals surface area contributed by atoms with Gasteiger partial charge in [-0.25, -0.2) is 4.68 Å². The molecule has 31 heavy (non-hydrogen) atoms. The van der Waals surface area contributed by atoms with E-state index in [4.69, 9.17) is 9.47 Å². The van der Waals surface area contributed by atoms with Crippen molar-refractivity contribution < 1.29 is 27.4 Å². The molecular formula is C21H18F3N3O4. The average molecular weight is 433 g/mol. The van der Waals surface area contributed by atoms with Crippen LogP contribution >= 0.6 is 0 Å². The number of alkyl halides is 3. The summed E-state index contributed by atoms with van der Waals surface area (Å²) < 4.78 is 48.6. The fourth-order valence-electron chi connectivity index (χ4n) is 2.54. The molecule has 3 rings (SSSR count). The van der Waals surface area contributed by atoms with E-state index in [9.17, 15) is 22.8 Å². The van der Waals surface area contributed by atoms with Gasteiger partial charge in [-0.3, -0.25) is 9.59 Å². The summed E-state index contributed by atoms with van der Waals surface area (Å²) >= 11 is 0. The van der Waals surface area contributed by atoms with Gasteiger partial charge in [-0.1, -0.05) is 30.3 Å². The van der Waals surface area contributed by atoms with Gasteiger partial charge in [0, 0.05) is 6.07 Å². The van der Waals surface area contributed by atoms with Crippen LogP contribution in [0.1, 0.15) is 10.5 Å². The maximum Gasteiger partial charge on any atom is 0.422 e. The molecule has 1 N–H and O–H groups in total. The summed E-state index contributed by atoms with van der Waals surface area (Å²) in [5.74, 6) is -0.224. The number of hydrogen-bond donors (Lipinski definition) is 1. The Bertz CT molecular complexity index is 1080. The zero-order chi connectivity index (χ0) is 22.3. The van der Waals surface area contributed by atoms with E-state index in [0.29, 0.717) is 5.75 Å². The summed E-state index contributed by atoms with van der Waals surface area (Å²) in [6.07, 6.45) is -4.52. The van der Waals surface area contributed by atoms with Crippen molar-refractivity contribution in [2.45, 2.75) is 12.7 Å². The number of halogens is 3. The second-order valence-electron chi connectivity index (χ2n) is 6.30. The quantitative estimate of drug-likeness (QED) is 0.588. The summed E-state index contributed by atoms with van der Waals surface area (Å²) in [7, 11) is 0. The molecule has 0 fully saturated rings. The van der Waals surface area contributed by atoms with E-state index in [1.165, 1.54) is 36.4 Å². The van der Waals surface area contributed by atoms with Crippen molar-refractivity contribution in [2.75, 3.05) is 18.5 Å². The summed E-state index contributed by atoms with van der Waals surface area (Å²) in [6.45, 7) is -1.25. The van der Waals surface area contributed by atoms with Gasteiger partial charge >= 0.3 is 6.18 Å². The van der Waals surface area contributed by atoms with Crippen molar-refractivity contribution >= 4 is 11.6 Å². The van der Waals surface area contributed by atoms with Gasteiger partial charge in [0.2, 0.25) is 0 Å². The number of nitrogens with one attached hydrogen (secondary N) is 1. The third kappa shape index (κ3) is 6.59. The Morgan fingerprint density at radius 1 is 0.968 bits per heavy atom. The Labute approximate surface area is 175 Å². The number of nitrogens with zero attached hydrogens (tertiary/aromatic N) is 2. The van der Waals surface area contributed by atoms with Crippen LogP contribution in [0.2, 0.25) is 0 Å². The summed E-state index contributed by atoms with van der Waals surface area (Å²) in [4.78, 5) is 24.5. The van der Waals surface area contributed by atoms with Gasteiger partial charge in [0.25, 0.3) is 11.5 Å². The standard InChI is InChI=1S/C21H18F3N3O4/c22-21(23,24)14-31-18-9-5-4-8-16(18)25-20(29)17-10-11-19(28)27(26-17)12-13-30-15-6-2-1-3-7-15/h1-11H,12-14H2,(H,25,29). The minimum atomic E-state index is -4.52. The van der Waals surface area contributed by atoms with E-state index in [1.807, 2.05) is 6.07 Å². The van der Waals surface area contributed by atoms with Crippen LogP contribution < -0.4 is 20.3 Å². The van der Waals surface area contributed by atoms with Gasteiger partial charge in [0.15, 0.2) is 6.61 Å². The Morgan fingerprint density at radius 2 is 1.68 bits per heavy atom. The topological polar surface area (TPSA) is 82.5 Å². The number of ether oxygens (including phenoxy) is 2. The Balaban J connectivity index is 1.67. The molecule has 3 aromatic rings. The lowest BCUT2D eigenvalue weighted by molar-refractivity contribution is -0.153. The van der Waals surface area contributed by atoms with Gasteiger partial charge in [-0.2, -0.15) is 18.3 Å². The fraction of sp³-hybridized carbons (Fsp3) is 0.190. The largest absolute Gasteiger partial charge is 0.492 e. The van der Waals surface area contributed by atoms with E-state index in [2.05, 4.69) is 10.4 Å². The van der Waals surface area contributed by atoms with Crippen molar-refractivity contribution in [3.8, 4) is 11.5 Å². The first kappa shape index (κ1) is 21.9.